The molecule has 1 unspecified atom stereocenters. The first-order valence-corrected chi connectivity index (χ1v) is 9.92. The zero-order valence-corrected chi connectivity index (χ0v) is 16.9. The lowest BCUT2D eigenvalue weighted by Gasteiger charge is -2.32. The van der Waals surface area contributed by atoms with Gasteiger partial charge in [-0.3, -0.25) is 4.79 Å². The minimum atomic E-state index is 0.00896. The first kappa shape index (κ1) is 20.3. The number of hydrogen-bond donors (Lipinski definition) is 1. The maximum atomic E-state index is 12.1. The van der Waals surface area contributed by atoms with Gasteiger partial charge in [0.25, 0.3) is 0 Å². The number of ether oxygens (including phenoxy) is 1. The molecule has 1 atom stereocenters. The van der Waals surface area contributed by atoms with E-state index in [4.69, 9.17) is 9.26 Å². The highest BCUT2D eigenvalue weighted by molar-refractivity contribution is 5.75. The SMILES string of the molecule is CC1CN(c2ccc(CNC(=O)CCCc3nc(C(C)C)no3)cn2)CCO1. The van der Waals surface area contributed by atoms with Crippen molar-refractivity contribution in [2.24, 2.45) is 0 Å². The summed E-state index contributed by atoms with van der Waals surface area (Å²) in [6.07, 6.45) is 3.76. The van der Waals surface area contributed by atoms with Crippen LogP contribution in [0.4, 0.5) is 5.82 Å². The Hall–Kier alpha value is -2.48. The van der Waals surface area contributed by atoms with Gasteiger partial charge < -0.3 is 19.5 Å². The van der Waals surface area contributed by atoms with E-state index in [0.717, 1.165) is 31.1 Å². The lowest BCUT2D eigenvalue weighted by Crippen LogP contribution is -2.41. The van der Waals surface area contributed by atoms with E-state index < -0.39 is 0 Å². The molecule has 3 heterocycles. The molecule has 1 fully saturated rings. The number of hydrogen-bond acceptors (Lipinski definition) is 7. The number of aromatic nitrogens is 3. The van der Waals surface area contributed by atoms with Crippen LogP contribution in [-0.2, 0) is 22.5 Å². The molecule has 152 valence electrons. The molecule has 1 aliphatic heterocycles. The van der Waals surface area contributed by atoms with Gasteiger partial charge in [0.2, 0.25) is 11.8 Å². The molecule has 2 aromatic rings. The van der Waals surface area contributed by atoms with Gasteiger partial charge in [0.05, 0.1) is 12.7 Å². The summed E-state index contributed by atoms with van der Waals surface area (Å²) in [7, 11) is 0. The van der Waals surface area contributed by atoms with E-state index in [0.29, 0.717) is 37.5 Å². The molecule has 0 spiro atoms. The van der Waals surface area contributed by atoms with Crippen molar-refractivity contribution >= 4 is 11.7 Å². The Labute approximate surface area is 165 Å². The smallest absolute Gasteiger partial charge is 0.226 e. The Bertz CT molecular complexity index is 759. The van der Waals surface area contributed by atoms with Gasteiger partial charge >= 0.3 is 0 Å². The van der Waals surface area contributed by atoms with Gasteiger partial charge in [-0.25, -0.2) is 4.98 Å². The van der Waals surface area contributed by atoms with Gasteiger partial charge in [0.1, 0.15) is 5.82 Å². The summed E-state index contributed by atoms with van der Waals surface area (Å²) < 4.78 is 10.8. The summed E-state index contributed by atoms with van der Waals surface area (Å²) >= 11 is 0. The molecule has 1 saturated heterocycles. The molecule has 28 heavy (non-hydrogen) atoms. The predicted molar refractivity (Wildman–Crippen MR) is 105 cm³/mol. The van der Waals surface area contributed by atoms with Crippen molar-refractivity contribution in [2.45, 2.75) is 58.6 Å². The lowest BCUT2D eigenvalue weighted by atomic mass is 10.2. The van der Waals surface area contributed by atoms with Crippen molar-refractivity contribution in [1.82, 2.24) is 20.4 Å². The Morgan fingerprint density at radius 3 is 2.93 bits per heavy atom. The molecular weight excluding hydrogens is 358 g/mol. The van der Waals surface area contributed by atoms with Gasteiger partial charge in [0.15, 0.2) is 5.82 Å². The Balaban J connectivity index is 1.38. The molecule has 1 N–H and O–H groups in total. The molecule has 0 aromatic carbocycles. The second kappa shape index (κ2) is 9.64. The Morgan fingerprint density at radius 2 is 2.25 bits per heavy atom. The van der Waals surface area contributed by atoms with Crippen LogP contribution in [0, 0.1) is 0 Å². The number of amides is 1. The van der Waals surface area contributed by atoms with Crippen LogP contribution in [0.5, 0.6) is 0 Å². The summed E-state index contributed by atoms with van der Waals surface area (Å²) in [6, 6.07) is 4.01. The number of carbonyl (C=O) groups is 1. The molecular formula is C20H29N5O3. The topological polar surface area (TPSA) is 93.4 Å². The largest absolute Gasteiger partial charge is 0.375 e. The van der Waals surface area contributed by atoms with Gasteiger partial charge in [-0.1, -0.05) is 25.1 Å². The number of rotatable bonds is 8. The highest BCUT2D eigenvalue weighted by atomic mass is 16.5. The number of pyridine rings is 1. The highest BCUT2D eigenvalue weighted by Crippen LogP contribution is 2.15. The second-order valence-corrected chi connectivity index (χ2v) is 7.48. The van der Waals surface area contributed by atoms with Gasteiger partial charge in [-0.05, 0) is 25.0 Å². The fraction of sp³-hybridized carbons (Fsp3) is 0.600. The summed E-state index contributed by atoms with van der Waals surface area (Å²) in [5.74, 6) is 2.50. The summed E-state index contributed by atoms with van der Waals surface area (Å²) in [6.45, 7) is 9.01. The van der Waals surface area contributed by atoms with Crippen molar-refractivity contribution in [3.63, 3.8) is 0 Å². The van der Waals surface area contributed by atoms with E-state index in [9.17, 15) is 4.79 Å². The predicted octanol–water partition coefficient (Wildman–Crippen LogP) is 2.45. The molecule has 8 heteroatoms. The van der Waals surface area contributed by atoms with Crippen molar-refractivity contribution in [3.05, 3.63) is 35.6 Å². The normalized spacial score (nSPS) is 17.1. The van der Waals surface area contributed by atoms with Crippen LogP contribution in [-0.4, -0.2) is 46.8 Å². The van der Waals surface area contributed by atoms with Crippen LogP contribution >= 0.6 is 0 Å². The van der Waals surface area contributed by atoms with Gasteiger partial charge in [-0.15, -0.1) is 0 Å². The fourth-order valence-corrected chi connectivity index (χ4v) is 3.03. The third kappa shape index (κ3) is 5.76. The van der Waals surface area contributed by atoms with Crippen LogP contribution in [0.1, 0.15) is 56.8 Å². The van der Waals surface area contributed by atoms with Crippen molar-refractivity contribution in [3.8, 4) is 0 Å². The number of carbonyl (C=O) groups excluding carboxylic acids is 1. The molecule has 3 rings (SSSR count). The number of nitrogens with zero attached hydrogens (tertiary/aromatic N) is 4. The third-order valence-electron chi connectivity index (χ3n) is 4.66. The van der Waals surface area contributed by atoms with Crippen LogP contribution < -0.4 is 10.2 Å². The molecule has 1 amide bonds. The molecule has 8 nitrogen and oxygen atoms in total. The average molecular weight is 387 g/mol. The van der Waals surface area contributed by atoms with Crippen LogP contribution in [0.3, 0.4) is 0 Å². The van der Waals surface area contributed by atoms with Gasteiger partial charge in [0, 0.05) is 44.6 Å². The van der Waals surface area contributed by atoms with Crippen LogP contribution in [0.25, 0.3) is 0 Å². The van der Waals surface area contributed by atoms with E-state index in [1.807, 2.05) is 32.2 Å². The zero-order valence-electron chi connectivity index (χ0n) is 16.9. The molecule has 0 saturated carbocycles. The average Bonchev–Trinajstić information content (AvgIpc) is 3.16. The first-order valence-electron chi connectivity index (χ1n) is 9.92. The molecule has 2 aromatic heterocycles. The maximum Gasteiger partial charge on any atom is 0.226 e. The lowest BCUT2D eigenvalue weighted by molar-refractivity contribution is -0.121. The molecule has 0 aliphatic carbocycles. The van der Waals surface area contributed by atoms with Crippen LogP contribution in [0.15, 0.2) is 22.9 Å². The van der Waals surface area contributed by atoms with Crippen molar-refractivity contribution in [2.75, 3.05) is 24.6 Å². The third-order valence-corrected chi connectivity index (χ3v) is 4.66. The van der Waals surface area contributed by atoms with E-state index in [2.05, 4.69) is 32.3 Å². The van der Waals surface area contributed by atoms with E-state index in [1.165, 1.54) is 0 Å². The quantitative estimate of drug-likeness (QED) is 0.743. The maximum absolute atomic E-state index is 12.1. The van der Waals surface area contributed by atoms with Crippen molar-refractivity contribution < 1.29 is 14.1 Å². The first-order chi connectivity index (χ1) is 13.5. The Kier molecular flexibility index (Phi) is 6.97. The highest BCUT2D eigenvalue weighted by Gasteiger charge is 2.17. The summed E-state index contributed by atoms with van der Waals surface area (Å²) in [5.41, 5.74) is 0.983. The van der Waals surface area contributed by atoms with E-state index in [1.54, 1.807) is 0 Å². The monoisotopic (exact) mass is 387 g/mol. The van der Waals surface area contributed by atoms with Crippen LogP contribution in [0.2, 0.25) is 0 Å². The van der Waals surface area contributed by atoms with E-state index in [-0.39, 0.29) is 17.9 Å². The Morgan fingerprint density at radius 1 is 1.39 bits per heavy atom. The second-order valence-electron chi connectivity index (χ2n) is 7.48. The fourth-order valence-electron chi connectivity index (χ4n) is 3.03. The van der Waals surface area contributed by atoms with Gasteiger partial charge in [-0.2, -0.15) is 4.98 Å². The number of nitrogens with one attached hydrogen (secondary N) is 1. The minimum absolute atomic E-state index is 0.00896. The van der Waals surface area contributed by atoms with Crippen molar-refractivity contribution in [1.29, 1.82) is 0 Å². The minimum Gasteiger partial charge on any atom is -0.375 e. The standard InChI is InChI=1S/C20H29N5O3/c1-14(2)20-23-19(28-24-20)6-4-5-18(26)22-12-16-7-8-17(21-11-16)25-9-10-27-15(3)13-25/h7-8,11,14-15H,4-6,9-10,12-13H2,1-3H3,(H,22,26). The molecule has 0 bridgehead atoms. The zero-order chi connectivity index (χ0) is 19.9. The number of aryl methyl sites for hydroxylation is 1. The summed E-state index contributed by atoms with van der Waals surface area (Å²) in [5, 5.41) is 6.87. The molecule has 0 radical (unpaired) electrons. The number of anilines is 1. The number of morpholine rings is 1. The van der Waals surface area contributed by atoms with E-state index >= 15 is 0 Å². The summed E-state index contributed by atoms with van der Waals surface area (Å²) in [4.78, 5) is 23.1. The molecule has 1 aliphatic rings.